The molecule has 0 heterocycles. The normalized spacial score (nSPS) is 11.6. The molecule has 0 aliphatic carbocycles. The molecule has 0 aromatic rings. The first kappa shape index (κ1) is 4.87. The molecule has 0 saturated heterocycles. The van der Waals surface area contributed by atoms with Gasteiger partial charge in [-0.25, -0.2) is 0 Å². The highest BCUT2D eigenvalue weighted by Crippen LogP contribution is 1.59. The average Bonchev–Trinajstić information content (AvgIpc) is 0.722. The molecule has 0 fully saturated rings. The second-order valence-electron chi connectivity index (χ2n) is 0.448. The predicted molar refractivity (Wildman–Crippen MR) is 14.2 cm³/mol. The van der Waals surface area contributed by atoms with Gasteiger partial charge < -0.3 is 0 Å². The van der Waals surface area contributed by atoms with E-state index in [1.807, 2.05) is 0 Å². The Hall–Kier alpha value is -0.130. The SMILES string of the molecule is O=[32S](=O)(O)O. The van der Waals surface area contributed by atoms with Gasteiger partial charge in [0.05, 0.1) is 0 Å². The molecular formula is H2O4S. The summed E-state index contributed by atoms with van der Waals surface area (Å²) in [6, 6.07) is 0. The lowest BCUT2D eigenvalue weighted by molar-refractivity contribution is 0.381. The van der Waals surface area contributed by atoms with Crippen LogP contribution in [0.3, 0.4) is 0 Å². The minimum atomic E-state index is -4.67. The molecule has 0 aromatic carbocycles. The fraction of sp³-hybridized carbons (Fsp3) is 0. The summed E-state index contributed by atoms with van der Waals surface area (Å²) in [5.41, 5.74) is 0. The van der Waals surface area contributed by atoms with Crippen LogP contribution in [-0.4, -0.2) is 17.5 Å². The van der Waals surface area contributed by atoms with Crippen LogP contribution < -0.4 is 0 Å². The maximum absolute atomic E-state index is 8.74. The first-order chi connectivity index (χ1) is 2.00. The molecule has 0 bridgehead atoms. The van der Waals surface area contributed by atoms with Gasteiger partial charge in [0, 0.05) is 0 Å². The lowest BCUT2D eigenvalue weighted by Gasteiger charge is -1.68. The van der Waals surface area contributed by atoms with E-state index >= 15 is 0 Å². The van der Waals surface area contributed by atoms with E-state index in [4.69, 9.17) is 17.5 Å². The summed E-state index contributed by atoms with van der Waals surface area (Å²) >= 11 is 0. The minimum Gasteiger partial charge on any atom is -0.264 e. The van der Waals surface area contributed by atoms with Gasteiger partial charge in [0.2, 0.25) is 0 Å². The number of rotatable bonds is 0. The van der Waals surface area contributed by atoms with Gasteiger partial charge in [-0.05, 0) is 0 Å². The van der Waals surface area contributed by atoms with Gasteiger partial charge in [0.25, 0.3) is 0 Å². The summed E-state index contributed by atoms with van der Waals surface area (Å²) < 4.78 is 31.6. The largest absolute Gasteiger partial charge is 0.394 e. The van der Waals surface area contributed by atoms with Crippen molar-refractivity contribution in [2.75, 3.05) is 0 Å². The Morgan fingerprint density at radius 3 is 1.20 bits per heavy atom. The van der Waals surface area contributed by atoms with Crippen LogP contribution in [-0.2, 0) is 10.4 Å². The van der Waals surface area contributed by atoms with Crippen LogP contribution in [0, 0.1) is 0 Å². The third-order valence-electron chi connectivity index (χ3n) is 0. The van der Waals surface area contributed by atoms with Gasteiger partial charge in [-0.15, -0.1) is 0 Å². The topological polar surface area (TPSA) is 74.6 Å². The van der Waals surface area contributed by atoms with Gasteiger partial charge in [-0.1, -0.05) is 0 Å². The molecule has 5 heteroatoms. The molecule has 0 radical (unpaired) electrons. The van der Waals surface area contributed by atoms with Crippen LogP contribution in [0.4, 0.5) is 0 Å². The van der Waals surface area contributed by atoms with Crippen molar-refractivity contribution >= 4 is 10.4 Å². The zero-order chi connectivity index (χ0) is 4.50. The van der Waals surface area contributed by atoms with Gasteiger partial charge >= 0.3 is 10.4 Å². The molecule has 0 amide bonds. The number of hydrogen-bond acceptors (Lipinski definition) is 2. The van der Waals surface area contributed by atoms with Crippen molar-refractivity contribution in [3.63, 3.8) is 0 Å². The third kappa shape index (κ3) is 801. The first-order valence-corrected chi connectivity index (χ1v) is 2.10. The summed E-state index contributed by atoms with van der Waals surface area (Å²) in [4.78, 5) is 0. The van der Waals surface area contributed by atoms with Crippen molar-refractivity contribution in [3.8, 4) is 0 Å². The lowest BCUT2D eigenvalue weighted by Crippen LogP contribution is -1.89. The van der Waals surface area contributed by atoms with Crippen molar-refractivity contribution in [1.82, 2.24) is 0 Å². The highest BCUT2D eigenvalue weighted by Gasteiger charge is 1.84. The Bertz CT molecular complexity index is 86.8. The average molecular weight is 98.0 g/mol. The number of hydrogen-bond donors (Lipinski definition) is 2. The van der Waals surface area contributed by atoms with Crippen LogP contribution >= 0.6 is 0 Å². The summed E-state index contributed by atoms with van der Waals surface area (Å²) in [6.07, 6.45) is 0. The van der Waals surface area contributed by atoms with Crippen LogP contribution in [0.25, 0.3) is 0 Å². The minimum absolute atomic E-state index is 4.67. The van der Waals surface area contributed by atoms with E-state index in [9.17, 15) is 0 Å². The van der Waals surface area contributed by atoms with Crippen molar-refractivity contribution in [1.29, 1.82) is 0 Å². The summed E-state index contributed by atoms with van der Waals surface area (Å²) in [6.45, 7) is 0. The Kier molecular flexibility index (Phi) is 0.901. The third-order valence-corrected chi connectivity index (χ3v) is 0. The molecule has 32 valence electrons. The van der Waals surface area contributed by atoms with Gasteiger partial charge in [0.15, 0.2) is 0 Å². The molecule has 0 atom stereocenters. The van der Waals surface area contributed by atoms with Crippen molar-refractivity contribution in [3.05, 3.63) is 0 Å². The van der Waals surface area contributed by atoms with Crippen molar-refractivity contribution in [2.24, 2.45) is 0 Å². The zero-order valence-corrected chi connectivity index (χ0v) is 2.94. The first-order valence-electron chi connectivity index (χ1n) is 0.698. The molecular weight excluding hydrogens is 96.0 g/mol. The van der Waals surface area contributed by atoms with E-state index in [1.54, 1.807) is 0 Å². The molecule has 0 aliphatic rings. The fourth-order valence-corrected chi connectivity index (χ4v) is 0. The van der Waals surface area contributed by atoms with Gasteiger partial charge in [0.1, 0.15) is 0 Å². The van der Waals surface area contributed by atoms with Crippen molar-refractivity contribution < 1.29 is 17.5 Å². The molecule has 2 N–H and O–H groups in total. The monoisotopic (exact) mass is 98.0 g/mol. The Balaban J connectivity index is 4.06. The Morgan fingerprint density at radius 1 is 1.20 bits per heavy atom. The quantitative estimate of drug-likeness (QED) is 0.394. The van der Waals surface area contributed by atoms with E-state index in [1.165, 1.54) is 0 Å². The van der Waals surface area contributed by atoms with Crippen LogP contribution in [0.15, 0.2) is 0 Å². The van der Waals surface area contributed by atoms with E-state index in [0.29, 0.717) is 0 Å². The lowest BCUT2D eigenvalue weighted by atomic mass is 15.8. The smallest absolute Gasteiger partial charge is 0.264 e. The molecule has 0 saturated carbocycles. The zero-order valence-electron chi connectivity index (χ0n) is 2.12. The molecule has 5 heavy (non-hydrogen) atoms. The molecule has 0 unspecified atom stereocenters. The highest BCUT2D eigenvalue weighted by atomic mass is 32.2. The van der Waals surface area contributed by atoms with Crippen LogP contribution in [0.1, 0.15) is 0 Å². The molecule has 0 aliphatic heterocycles. The molecule has 0 aromatic heterocycles. The summed E-state index contributed by atoms with van der Waals surface area (Å²) in [7, 11) is -4.67. The van der Waals surface area contributed by atoms with E-state index < -0.39 is 10.4 Å². The van der Waals surface area contributed by atoms with Crippen LogP contribution in [0.5, 0.6) is 0 Å². The Morgan fingerprint density at radius 2 is 1.20 bits per heavy atom. The standard InChI is InChI=1S/H2O4S/c1-5(2,3)4/h(H2,1,2,3,4)/i5+0. The van der Waals surface area contributed by atoms with Crippen LogP contribution in [0.2, 0.25) is 0 Å². The Labute approximate surface area is 29.0 Å². The van der Waals surface area contributed by atoms with E-state index in [2.05, 4.69) is 0 Å². The summed E-state index contributed by atoms with van der Waals surface area (Å²) in [5.74, 6) is 0. The molecule has 4 nitrogen and oxygen atoms in total. The highest BCUT2D eigenvalue weighted by molar-refractivity contribution is 7.79. The molecule has 0 spiro atoms. The van der Waals surface area contributed by atoms with Gasteiger partial charge in [-0.2, -0.15) is 8.42 Å². The predicted octanol–water partition coefficient (Wildman–Crippen LogP) is -0.653. The fourth-order valence-electron chi connectivity index (χ4n) is 0. The summed E-state index contributed by atoms with van der Waals surface area (Å²) in [5, 5.41) is 0. The van der Waals surface area contributed by atoms with Gasteiger partial charge in [-0.3, -0.25) is 9.11 Å². The molecule has 0 rings (SSSR count). The second-order valence-corrected chi connectivity index (χ2v) is 1.34. The second kappa shape index (κ2) is 0.925. The van der Waals surface area contributed by atoms with E-state index in [0.717, 1.165) is 0 Å². The maximum atomic E-state index is 8.74. The van der Waals surface area contributed by atoms with E-state index in [-0.39, 0.29) is 0 Å². The maximum Gasteiger partial charge on any atom is 0.394 e. The van der Waals surface area contributed by atoms with Crippen molar-refractivity contribution in [2.45, 2.75) is 0 Å².